The summed E-state index contributed by atoms with van der Waals surface area (Å²) in [4.78, 5) is 16.0. The van der Waals surface area contributed by atoms with Gasteiger partial charge in [0, 0.05) is 16.2 Å². The Labute approximate surface area is 139 Å². The van der Waals surface area contributed by atoms with Crippen LogP contribution in [-0.4, -0.2) is 14.6 Å². The lowest BCUT2D eigenvalue weighted by Gasteiger charge is -2.05. The Morgan fingerprint density at radius 3 is 2.76 bits per heavy atom. The first-order valence-corrected chi connectivity index (χ1v) is 7.66. The summed E-state index contributed by atoms with van der Waals surface area (Å²) in [5, 5.41) is -0.296. The lowest BCUT2D eigenvalue weighted by Crippen LogP contribution is -2.00. The molecule has 6 heteroatoms. The van der Waals surface area contributed by atoms with E-state index in [0.29, 0.717) is 16.8 Å². The molecule has 3 rings (SSSR count). The molecule has 3 nitrogen and oxygen atoms in total. The summed E-state index contributed by atoms with van der Waals surface area (Å²) in [5.41, 5.74) is 3.43. The van der Waals surface area contributed by atoms with Crippen LogP contribution in [0.5, 0.6) is 0 Å². The first-order valence-electron chi connectivity index (χ1n) is 6.11. The van der Waals surface area contributed by atoms with Crippen LogP contribution in [0.15, 0.2) is 41.0 Å². The highest BCUT2D eigenvalue weighted by Gasteiger charge is 2.17. The van der Waals surface area contributed by atoms with Crippen molar-refractivity contribution in [1.29, 1.82) is 0 Å². The smallest absolute Gasteiger partial charge is 0.255 e. The maximum absolute atomic E-state index is 11.5. The molecule has 0 unspecified atom stereocenters. The number of aryl methyl sites for hydroxylation is 1. The van der Waals surface area contributed by atoms with Gasteiger partial charge in [-0.25, -0.2) is 4.98 Å². The minimum atomic E-state index is -0.572. The van der Waals surface area contributed by atoms with Gasteiger partial charge in [-0.2, -0.15) is 0 Å². The van der Waals surface area contributed by atoms with Crippen molar-refractivity contribution in [3.8, 4) is 11.3 Å². The second kappa shape index (κ2) is 5.44. The van der Waals surface area contributed by atoms with Crippen molar-refractivity contribution in [3.05, 3.63) is 57.3 Å². The minimum absolute atomic E-state index is 0.277. The molecular weight excluding hydrogens is 375 g/mol. The van der Waals surface area contributed by atoms with Crippen molar-refractivity contribution in [3.63, 3.8) is 0 Å². The number of hydrogen-bond acceptors (Lipinski definition) is 2. The average molecular weight is 384 g/mol. The highest BCUT2D eigenvalue weighted by atomic mass is 79.9. The maximum Gasteiger partial charge on any atom is 0.255 e. The fraction of sp³-hybridized carbons (Fsp3) is 0.0667. The largest absolute Gasteiger partial charge is 0.289 e. The van der Waals surface area contributed by atoms with Gasteiger partial charge in [-0.15, -0.1) is 0 Å². The topological polar surface area (TPSA) is 34.4 Å². The maximum atomic E-state index is 11.5. The molecular formula is C15H9BrCl2N2O. The van der Waals surface area contributed by atoms with Crippen LogP contribution in [0.2, 0.25) is 5.15 Å². The van der Waals surface area contributed by atoms with Gasteiger partial charge < -0.3 is 0 Å². The van der Waals surface area contributed by atoms with Crippen molar-refractivity contribution in [1.82, 2.24) is 9.38 Å². The summed E-state index contributed by atoms with van der Waals surface area (Å²) >= 11 is 15.3. The van der Waals surface area contributed by atoms with E-state index in [1.54, 1.807) is 23.6 Å². The molecule has 0 amide bonds. The fourth-order valence-corrected chi connectivity index (χ4v) is 3.28. The first-order chi connectivity index (χ1) is 9.97. The standard InChI is InChI=1S/C15H9BrCl2N2O/c1-8-5-12-19-11(9-3-2-4-10(16)6-9)7-20(12)14(17)13(8)15(18)21/h2-7H,1H3. The normalized spacial score (nSPS) is 11.0. The van der Waals surface area contributed by atoms with Crippen LogP contribution in [0.1, 0.15) is 15.9 Å². The van der Waals surface area contributed by atoms with Gasteiger partial charge in [0.15, 0.2) is 0 Å². The second-order valence-electron chi connectivity index (χ2n) is 4.63. The molecule has 0 bridgehead atoms. The van der Waals surface area contributed by atoms with Crippen LogP contribution in [-0.2, 0) is 0 Å². The van der Waals surface area contributed by atoms with Crippen molar-refractivity contribution in [2.45, 2.75) is 6.92 Å². The summed E-state index contributed by atoms with van der Waals surface area (Å²) in [6.45, 7) is 1.79. The molecule has 0 aliphatic rings. The van der Waals surface area contributed by atoms with E-state index in [2.05, 4.69) is 20.9 Å². The summed E-state index contributed by atoms with van der Waals surface area (Å²) in [6, 6.07) is 9.60. The molecule has 106 valence electrons. The summed E-state index contributed by atoms with van der Waals surface area (Å²) in [7, 11) is 0. The van der Waals surface area contributed by atoms with Crippen LogP contribution < -0.4 is 0 Å². The molecule has 0 atom stereocenters. The number of fused-ring (bicyclic) bond motifs is 1. The molecule has 2 heterocycles. The molecule has 0 aliphatic heterocycles. The van der Waals surface area contributed by atoms with Crippen molar-refractivity contribution < 1.29 is 4.79 Å². The predicted molar refractivity (Wildman–Crippen MR) is 88.3 cm³/mol. The van der Waals surface area contributed by atoms with Gasteiger partial charge in [0.25, 0.3) is 5.24 Å². The number of rotatable bonds is 2. The van der Waals surface area contributed by atoms with Crippen molar-refractivity contribution in [2.24, 2.45) is 0 Å². The molecule has 0 saturated carbocycles. The minimum Gasteiger partial charge on any atom is -0.289 e. The van der Waals surface area contributed by atoms with Crippen molar-refractivity contribution in [2.75, 3.05) is 0 Å². The van der Waals surface area contributed by atoms with E-state index >= 15 is 0 Å². The number of pyridine rings is 1. The monoisotopic (exact) mass is 382 g/mol. The van der Waals surface area contributed by atoms with Crippen LogP contribution in [0.3, 0.4) is 0 Å². The molecule has 0 N–H and O–H groups in total. The van der Waals surface area contributed by atoms with Gasteiger partial charge in [-0.1, -0.05) is 39.7 Å². The summed E-state index contributed by atoms with van der Waals surface area (Å²) in [6.07, 6.45) is 1.79. The zero-order valence-electron chi connectivity index (χ0n) is 10.9. The SMILES string of the molecule is Cc1cc2nc(-c3cccc(Br)c3)cn2c(Cl)c1C(=O)Cl. The Balaban J connectivity index is 2.26. The van der Waals surface area contributed by atoms with Crippen LogP contribution in [0, 0.1) is 6.92 Å². The van der Waals surface area contributed by atoms with Gasteiger partial charge in [-0.3, -0.25) is 9.20 Å². The van der Waals surface area contributed by atoms with Crippen LogP contribution in [0.25, 0.3) is 16.9 Å². The third-order valence-electron chi connectivity index (χ3n) is 3.21. The lowest BCUT2D eigenvalue weighted by atomic mass is 10.2. The van der Waals surface area contributed by atoms with E-state index in [-0.39, 0.29) is 5.15 Å². The fourth-order valence-electron chi connectivity index (χ4n) is 2.23. The van der Waals surface area contributed by atoms with E-state index in [1.165, 1.54) is 0 Å². The molecule has 0 aliphatic carbocycles. The van der Waals surface area contributed by atoms with E-state index in [1.807, 2.05) is 24.3 Å². The van der Waals surface area contributed by atoms with Crippen LogP contribution >= 0.6 is 39.1 Å². The van der Waals surface area contributed by atoms with E-state index in [4.69, 9.17) is 23.2 Å². The highest BCUT2D eigenvalue weighted by molar-refractivity contribution is 9.10. The number of carbonyl (C=O) groups is 1. The van der Waals surface area contributed by atoms with Gasteiger partial charge in [0.1, 0.15) is 10.8 Å². The van der Waals surface area contributed by atoms with Crippen LogP contribution in [0.4, 0.5) is 0 Å². The number of imidazole rings is 1. The molecule has 0 radical (unpaired) electrons. The number of halogens is 3. The Hall–Kier alpha value is -1.36. The number of hydrogen-bond donors (Lipinski definition) is 0. The average Bonchev–Trinajstić information content (AvgIpc) is 2.82. The molecule has 0 saturated heterocycles. The second-order valence-corrected chi connectivity index (χ2v) is 6.25. The van der Waals surface area contributed by atoms with Crippen molar-refractivity contribution >= 4 is 50.0 Å². The molecule has 3 aromatic rings. The van der Waals surface area contributed by atoms with Gasteiger partial charge in [-0.05, 0) is 42.3 Å². The number of nitrogens with zero attached hydrogens (tertiary/aromatic N) is 2. The molecule has 1 aromatic carbocycles. The number of aromatic nitrogens is 2. The first kappa shape index (κ1) is 14.6. The third-order valence-corrected chi connectivity index (χ3v) is 4.26. The zero-order valence-corrected chi connectivity index (χ0v) is 14.0. The Morgan fingerprint density at radius 1 is 1.33 bits per heavy atom. The lowest BCUT2D eigenvalue weighted by molar-refractivity contribution is 0.108. The molecule has 0 fully saturated rings. The molecule has 2 aromatic heterocycles. The van der Waals surface area contributed by atoms with E-state index in [9.17, 15) is 4.79 Å². The quantitative estimate of drug-likeness (QED) is 0.455. The van der Waals surface area contributed by atoms with E-state index in [0.717, 1.165) is 15.7 Å². The Bertz CT molecular complexity index is 873. The number of carbonyl (C=O) groups excluding carboxylic acids is 1. The van der Waals surface area contributed by atoms with Gasteiger partial charge in [0.2, 0.25) is 0 Å². The molecule has 21 heavy (non-hydrogen) atoms. The third kappa shape index (κ3) is 2.59. The Morgan fingerprint density at radius 2 is 2.10 bits per heavy atom. The summed E-state index contributed by atoms with van der Waals surface area (Å²) in [5.74, 6) is 0. The molecule has 0 spiro atoms. The zero-order chi connectivity index (χ0) is 15.1. The summed E-state index contributed by atoms with van der Waals surface area (Å²) < 4.78 is 2.64. The van der Waals surface area contributed by atoms with Gasteiger partial charge in [0.05, 0.1) is 11.3 Å². The highest BCUT2D eigenvalue weighted by Crippen LogP contribution is 2.28. The van der Waals surface area contributed by atoms with Gasteiger partial charge >= 0.3 is 0 Å². The Kier molecular flexibility index (Phi) is 3.78. The number of benzene rings is 1. The predicted octanol–water partition coefficient (Wildman–Crippen LogP) is 5.10. The van der Waals surface area contributed by atoms with E-state index < -0.39 is 5.24 Å².